The molecule has 5 rings (SSSR count). The summed E-state index contributed by atoms with van der Waals surface area (Å²) in [6.07, 6.45) is 4.14. The molecule has 5 heteroatoms. The number of hydrogen-bond donors (Lipinski definition) is 0. The fourth-order valence-corrected chi connectivity index (χ4v) is 4.28. The van der Waals surface area contributed by atoms with Gasteiger partial charge in [-0.3, -0.25) is 14.7 Å². The summed E-state index contributed by atoms with van der Waals surface area (Å²) in [5, 5.41) is 0. The number of aromatic nitrogens is 1. The van der Waals surface area contributed by atoms with Gasteiger partial charge in [0, 0.05) is 38.4 Å². The Labute approximate surface area is 148 Å². The summed E-state index contributed by atoms with van der Waals surface area (Å²) in [5.74, 6) is 2.20. The number of fused-ring (bicyclic) bond motifs is 4. The summed E-state index contributed by atoms with van der Waals surface area (Å²) >= 11 is 0. The molecule has 0 spiro atoms. The maximum atomic E-state index is 13.1. The van der Waals surface area contributed by atoms with Crippen LogP contribution in [0.1, 0.15) is 40.4 Å². The molecule has 0 aromatic carbocycles. The van der Waals surface area contributed by atoms with Crippen molar-refractivity contribution in [3.8, 4) is 0 Å². The average molecular weight is 339 g/mol. The predicted octanol–water partition coefficient (Wildman–Crippen LogP) is 3.03. The van der Waals surface area contributed by atoms with E-state index in [1.165, 1.54) is 6.42 Å². The zero-order valence-electron chi connectivity index (χ0n) is 14.9. The van der Waals surface area contributed by atoms with Gasteiger partial charge < -0.3 is 9.32 Å². The highest BCUT2D eigenvalue weighted by atomic mass is 16.3. The topological polar surface area (TPSA) is 49.6 Å². The lowest BCUT2D eigenvalue weighted by atomic mass is 9.94. The molecule has 0 unspecified atom stereocenters. The van der Waals surface area contributed by atoms with Gasteiger partial charge in [-0.2, -0.15) is 0 Å². The molecule has 2 aromatic rings. The number of pyridine rings is 1. The Kier molecular flexibility index (Phi) is 4.34. The molecule has 25 heavy (non-hydrogen) atoms. The number of rotatable bonds is 3. The molecule has 0 aliphatic carbocycles. The number of hydrogen-bond acceptors (Lipinski definition) is 4. The first kappa shape index (κ1) is 16.3. The van der Waals surface area contributed by atoms with Crippen molar-refractivity contribution in [2.75, 3.05) is 19.6 Å². The van der Waals surface area contributed by atoms with Crippen molar-refractivity contribution in [3.63, 3.8) is 0 Å². The van der Waals surface area contributed by atoms with Crippen LogP contribution in [0.5, 0.6) is 0 Å². The highest BCUT2D eigenvalue weighted by Gasteiger charge is 2.38. The van der Waals surface area contributed by atoms with Gasteiger partial charge in [-0.25, -0.2) is 0 Å². The summed E-state index contributed by atoms with van der Waals surface area (Å²) in [4.78, 5) is 22.1. The van der Waals surface area contributed by atoms with Gasteiger partial charge in [0.15, 0.2) is 0 Å². The lowest BCUT2D eigenvalue weighted by Gasteiger charge is -2.36. The van der Waals surface area contributed by atoms with Crippen LogP contribution in [-0.4, -0.2) is 46.4 Å². The van der Waals surface area contributed by atoms with E-state index in [1.54, 1.807) is 0 Å². The number of aryl methyl sites for hydroxylation is 2. The molecular weight excluding hydrogens is 314 g/mol. The van der Waals surface area contributed by atoms with Crippen LogP contribution >= 0.6 is 0 Å². The van der Waals surface area contributed by atoms with E-state index in [0.717, 1.165) is 55.4 Å². The van der Waals surface area contributed by atoms with Crippen LogP contribution < -0.4 is 0 Å². The van der Waals surface area contributed by atoms with E-state index in [9.17, 15) is 4.79 Å². The van der Waals surface area contributed by atoms with Crippen LogP contribution in [0.15, 0.2) is 34.9 Å². The third-order valence-electron chi connectivity index (χ3n) is 5.43. The smallest absolute Gasteiger partial charge is 0.257 e. The first-order valence-electron chi connectivity index (χ1n) is 9.10. The first-order valence-corrected chi connectivity index (χ1v) is 9.10. The molecule has 5 nitrogen and oxygen atoms in total. The summed E-state index contributed by atoms with van der Waals surface area (Å²) in [5.41, 5.74) is 1.82. The fraction of sp³-hybridized carbons (Fsp3) is 0.500. The Balaban J connectivity index is 1.51. The van der Waals surface area contributed by atoms with E-state index in [0.29, 0.717) is 5.92 Å². The van der Waals surface area contributed by atoms with Gasteiger partial charge in [0.2, 0.25) is 0 Å². The molecule has 3 saturated heterocycles. The van der Waals surface area contributed by atoms with Crippen molar-refractivity contribution in [1.29, 1.82) is 0 Å². The minimum Gasteiger partial charge on any atom is -0.466 e. The summed E-state index contributed by atoms with van der Waals surface area (Å²) in [6.45, 7) is 7.46. The SMILES string of the molecule is Cc1cc(C(=O)N2C[C@@H]3CC[C@H]2CN(Cc2ccccn2)C3)c(C)o1. The minimum atomic E-state index is 0.128. The van der Waals surface area contributed by atoms with Crippen LogP contribution in [0.25, 0.3) is 0 Å². The van der Waals surface area contributed by atoms with Crippen molar-refractivity contribution >= 4 is 5.91 Å². The largest absolute Gasteiger partial charge is 0.466 e. The van der Waals surface area contributed by atoms with Crippen LogP contribution in [0, 0.1) is 19.8 Å². The molecular formula is C20H25N3O2. The van der Waals surface area contributed by atoms with E-state index < -0.39 is 0 Å². The molecule has 1 amide bonds. The third-order valence-corrected chi connectivity index (χ3v) is 5.43. The van der Waals surface area contributed by atoms with E-state index >= 15 is 0 Å². The van der Waals surface area contributed by atoms with Gasteiger partial charge in [-0.1, -0.05) is 6.07 Å². The number of carbonyl (C=O) groups is 1. The lowest BCUT2D eigenvalue weighted by Crippen LogP contribution is -2.47. The molecule has 2 aromatic heterocycles. The number of nitrogens with zero attached hydrogens (tertiary/aromatic N) is 3. The van der Waals surface area contributed by atoms with Crippen molar-refractivity contribution in [2.45, 2.75) is 39.3 Å². The van der Waals surface area contributed by atoms with Gasteiger partial charge in [-0.15, -0.1) is 0 Å². The van der Waals surface area contributed by atoms with Crippen molar-refractivity contribution in [1.82, 2.24) is 14.8 Å². The number of amides is 1. The quantitative estimate of drug-likeness (QED) is 0.862. The van der Waals surface area contributed by atoms with Gasteiger partial charge >= 0.3 is 0 Å². The maximum absolute atomic E-state index is 13.1. The first-order chi connectivity index (χ1) is 12.1. The standard InChI is InChI=1S/C20H25N3O2/c1-14-9-19(15(2)25-14)20(24)23-11-16-6-7-18(23)13-22(10-16)12-17-5-3-4-8-21-17/h3-5,8-9,16,18H,6-7,10-13H2,1-2H3/t16-,18+/m1/s1. The van der Waals surface area contributed by atoms with Crippen molar-refractivity contribution < 1.29 is 9.21 Å². The van der Waals surface area contributed by atoms with Crippen molar-refractivity contribution in [3.05, 3.63) is 53.2 Å². The Morgan fingerprint density at radius 3 is 2.84 bits per heavy atom. The molecule has 0 N–H and O–H groups in total. The highest BCUT2D eigenvalue weighted by molar-refractivity contribution is 5.95. The zero-order chi connectivity index (χ0) is 17.4. The second-order valence-corrected chi connectivity index (χ2v) is 7.40. The lowest BCUT2D eigenvalue weighted by molar-refractivity contribution is 0.0583. The predicted molar refractivity (Wildman–Crippen MR) is 95.2 cm³/mol. The van der Waals surface area contributed by atoms with E-state index in [2.05, 4.69) is 20.9 Å². The Morgan fingerprint density at radius 2 is 2.12 bits per heavy atom. The maximum Gasteiger partial charge on any atom is 0.257 e. The summed E-state index contributed by atoms with van der Waals surface area (Å²) < 4.78 is 5.57. The number of piperidine rings is 1. The van der Waals surface area contributed by atoms with Gasteiger partial charge in [-0.05, 0) is 50.8 Å². The second kappa shape index (κ2) is 6.64. The molecule has 2 bridgehead atoms. The van der Waals surface area contributed by atoms with Crippen LogP contribution in [-0.2, 0) is 6.54 Å². The van der Waals surface area contributed by atoms with E-state index in [-0.39, 0.29) is 11.9 Å². The van der Waals surface area contributed by atoms with E-state index in [4.69, 9.17) is 4.42 Å². The van der Waals surface area contributed by atoms with E-state index in [1.807, 2.05) is 38.2 Å². The zero-order valence-corrected chi connectivity index (χ0v) is 14.9. The van der Waals surface area contributed by atoms with Crippen LogP contribution in [0.2, 0.25) is 0 Å². The van der Waals surface area contributed by atoms with Gasteiger partial charge in [0.05, 0.1) is 11.3 Å². The Morgan fingerprint density at radius 1 is 1.24 bits per heavy atom. The fourth-order valence-electron chi connectivity index (χ4n) is 4.28. The van der Waals surface area contributed by atoms with Crippen LogP contribution in [0.3, 0.4) is 0 Å². The average Bonchev–Trinajstić information content (AvgIpc) is 2.76. The van der Waals surface area contributed by atoms with Gasteiger partial charge in [0.25, 0.3) is 5.91 Å². The molecule has 3 aliphatic rings. The molecule has 2 atom stereocenters. The number of furan rings is 1. The molecule has 0 saturated carbocycles. The highest BCUT2D eigenvalue weighted by Crippen LogP contribution is 2.30. The molecule has 0 radical (unpaired) electrons. The Hall–Kier alpha value is -2.14. The second-order valence-electron chi connectivity index (χ2n) is 7.40. The number of carbonyl (C=O) groups excluding carboxylic acids is 1. The van der Waals surface area contributed by atoms with Gasteiger partial charge in [0.1, 0.15) is 11.5 Å². The molecule has 3 aliphatic heterocycles. The molecule has 132 valence electrons. The monoisotopic (exact) mass is 339 g/mol. The summed E-state index contributed by atoms with van der Waals surface area (Å²) in [6, 6.07) is 8.22. The molecule has 3 fully saturated rings. The third kappa shape index (κ3) is 3.33. The summed E-state index contributed by atoms with van der Waals surface area (Å²) in [7, 11) is 0. The molecule has 5 heterocycles. The van der Waals surface area contributed by atoms with Crippen LogP contribution in [0.4, 0.5) is 0 Å². The Bertz CT molecular complexity index is 756. The van der Waals surface area contributed by atoms with Crippen molar-refractivity contribution in [2.24, 2.45) is 5.92 Å². The minimum absolute atomic E-state index is 0.128. The normalized spacial score (nSPS) is 23.7.